The van der Waals surface area contributed by atoms with Gasteiger partial charge in [0, 0.05) is 32.1 Å². The van der Waals surface area contributed by atoms with Crippen molar-refractivity contribution in [1.82, 2.24) is 10.2 Å². The van der Waals surface area contributed by atoms with Gasteiger partial charge in [-0.2, -0.15) is 0 Å². The minimum absolute atomic E-state index is 0.207. The maximum atomic E-state index is 11.7. The van der Waals surface area contributed by atoms with Crippen molar-refractivity contribution in [1.29, 1.82) is 0 Å². The van der Waals surface area contributed by atoms with Crippen molar-refractivity contribution in [2.45, 2.75) is 50.7 Å². The molecule has 16 heavy (non-hydrogen) atoms. The van der Waals surface area contributed by atoms with Crippen molar-refractivity contribution in [3.8, 4) is 0 Å². The van der Waals surface area contributed by atoms with Gasteiger partial charge in [-0.1, -0.05) is 0 Å². The minimum Gasteiger partial charge on any atom is -0.392 e. The Labute approximate surface area is 97.0 Å². The lowest BCUT2D eigenvalue weighted by Crippen LogP contribution is -2.38. The summed E-state index contributed by atoms with van der Waals surface area (Å²) in [7, 11) is 0. The maximum absolute atomic E-state index is 11.7. The summed E-state index contributed by atoms with van der Waals surface area (Å²) in [6.07, 6.45) is 5.71. The first-order chi connectivity index (χ1) is 7.77. The average Bonchev–Trinajstić information content (AvgIpc) is 2.90. The molecule has 2 fully saturated rings. The van der Waals surface area contributed by atoms with Gasteiger partial charge in [-0.25, -0.2) is 0 Å². The lowest BCUT2D eigenvalue weighted by Gasteiger charge is -2.18. The van der Waals surface area contributed by atoms with Crippen LogP contribution in [-0.2, 0) is 4.79 Å². The van der Waals surface area contributed by atoms with Gasteiger partial charge in [-0.15, -0.1) is 0 Å². The van der Waals surface area contributed by atoms with Crippen molar-refractivity contribution in [2.24, 2.45) is 0 Å². The molecule has 0 spiro atoms. The molecule has 4 heteroatoms. The van der Waals surface area contributed by atoms with Gasteiger partial charge in [0.05, 0.1) is 6.10 Å². The predicted octanol–water partition coefficient (Wildman–Crippen LogP) is 0.502. The zero-order chi connectivity index (χ0) is 11.4. The first-order valence-corrected chi connectivity index (χ1v) is 6.46. The Morgan fingerprint density at radius 2 is 2.00 bits per heavy atom. The number of hydrogen-bond donors (Lipinski definition) is 2. The molecule has 1 aliphatic heterocycles. The van der Waals surface area contributed by atoms with Crippen LogP contribution in [-0.4, -0.2) is 47.7 Å². The zero-order valence-corrected chi connectivity index (χ0v) is 9.82. The summed E-state index contributed by atoms with van der Waals surface area (Å²) in [5, 5.41) is 12.9. The Kier molecular flexibility index (Phi) is 4.18. The smallest absolute Gasteiger partial charge is 0.223 e. The Morgan fingerprint density at radius 3 is 2.62 bits per heavy atom. The SMILES string of the molecule is O=C(CCNC1CCCC1O)N1CCCC1. The number of amides is 1. The molecule has 2 atom stereocenters. The molecule has 1 amide bonds. The fraction of sp³-hybridized carbons (Fsp3) is 0.917. The molecular weight excluding hydrogens is 204 g/mol. The monoisotopic (exact) mass is 226 g/mol. The van der Waals surface area contributed by atoms with Crippen LogP contribution >= 0.6 is 0 Å². The van der Waals surface area contributed by atoms with Gasteiger partial charge < -0.3 is 15.3 Å². The number of aliphatic hydroxyl groups excluding tert-OH is 1. The van der Waals surface area contributed by atoms with Crippen LogP contribution in [0.5, 0.6) is 0 Å². The van der Waals surface area contributed by atoms with E-state index in [4.69, 9.17) is 0 Å². The average molecular weight is 226 g/mol. The summed E-state index contributed by atoms with van der Waals surface area (Å²) in [5.74, 6) is 0.262. The van der Waals surface area contributed by atoms with Crippen molar-refractivity contribution >= 4 is 5.91 Å². The number of carbonyl (C=O) groups is 1. The number of rotatable bonds is 4. The predicted molar refractivity (Wildman–Crippen MR) is 62.1 cm³/mol. The molecular formula is C12H22N2O2. The van der Waals surface area contributed by atoms with E-state index in [1.807, 2.05) is 4.90 Å². The van der Waals surface area contributed by atoms with Crippen LogP contribution in [0.3, 0.4) is 0 Å². The highest BCUT2D eigenvalue weighted by molar-refractivity contribution is 5.76. The van der Waals surface area contributed by atoms with Gasteiger partial charge in [0.15, 0.2) is 0 Å². The topological polar surface area (TPSA) is 52.6 Å². The highest BCUT2D eigenvalue weighted by Crippen LogP contribution is 2.18. The number of hydrogen-bond acceptors (Lipinski definition) is 3. The largest absolute Gasteiger partial charge is 0.392 e. The van der Waals surface area contributed by atoms with Crippen molar-refractivity contribution in [2.75, 3.05) is 19.6 Å². The standard InChI is InChI=1S/C12H22N2O2/c15-11-5-3-4-10(11)13-7-6-12(16)14-8-1-2-9-14/h10-11,13,15H,1-9H2. The van der Waals surface area contributed by atoms with Gasteiger partial charge in [-0.3, -0.25) is 4.79 Å². The van der Waals surface area contributed by atoms with E-state index in [0.717, 1.165) is 45.2 Å². The van der Waals surface area contributed by atoms with Crippen LogP contribution in [0.1, 0.15) is 38.5 Å². The van der Waals surface area contributed by atoms with E-state index in [9.17, 15) is 9.90 Å². The third kappa shape index (κ3) is 2.95. The Morgan fingerprint density at radius 1 is 1.25 bits per heavy atom. The summed E-state index contributed by atoms with van der Waals surface area (Å²) in [6, 6.07) is 0.214. The maximum Gasteiger partial charge on any atom is 0.223 e. The molecule has 0 aromatic heterocycles. The fourth-order valence-electron chi connectivity index (χ4n) is 2.67. The quantitative estimate of drug-likeness (QED) is 0.734. The molecule has 2 rings (SSSR count). The normalized spacial score (nSPS) is 29.9. The Balaban J connectivity index is 1.61. The van der Waals surface area contributed by atoms with Crippen LogP contribution in [0.2, 0.25) is 0 Å². The summed E-state index contributed by atoms with van der Waals surface area (Å²) < 4.78 is 0. The summed E-state index contributed by atoms with van der Waals surface area (Å²) in [6.45, 7) is 2.58. The number of likely N-dealkylation sites (tertiary alicyclic amines) is 1. The van der Waals surface area contributed by atoms with E-state index in [1.54, 1.807) is 0 Å². The van der Waals surface area contributed by atoms with Crippen molar-refractivity contribution in [3.63, 3.8) is 0 Å². The number of nitrogens with one attached hydrogen (secondary N) is 1. The minimum atomic E-state index is -0.207. The molecule has 1 saturated carbocycles. The molecule has 1 saturated heterocycles. The van der Waals surface area contributed by atoms with E-state index in [2.05, 4.69) is 5.32 Å². The molecule has 2 aliphatic rings. The Hall–Kier alpha value is -0.610. The number of aliphatic hydroxyl groups is 1. The van der Waals surface area contributed by atoms with E-state index < -0.39 is 0 Å². The highest BCUT2D eigenvalue weighted by atomic mass is 16.3. The molecule has 0 radical (unpaired) electrons. The van der Waals surface area contributed by atoms with Gasteiger partial charge in [-0.05, 0) is 32.1 Å². The fourth-order valence-corrected chi connectivity index (χ4v) is 2.67. The second-order valence-electron chi connectivity index (χ2n) is 4.90. The van der Waals surface area contributed by atoms with Crippen LogP contribution in [0.4, 0.5) is 0 Å². The first kappa shape index (κ1) is 11.9. The van der Waals surface area contributed by atoms with E-state index in [0.29, 0.717) is 13.0 Å². The van der Waals surface area contributed by atoms with E-state index in [-0.39, 0.29) is 18.1 Å². The third-order valence-corrected chi connectivity index (χ3v) is 3.68. The number of carbonyl (C=O) groups excluding carboxylic acids is 1. The molecule has 0 aromatic carbocycles. The molecule has 2 N–H and O–H groups in total. The molecule has 1 heterocycles. The van der Waals surface area contributed by atoms with E-state index in [1.165, 1.54) is 0 Å². The summed E-state index contributed by atoms with van der Waals surface area (Å²) >= 11 is 0. The first-order valence-electron chi connectivity index (χ1n) is 6.46. The van der Waals surface area contributed by atoms with Gasteiger partial charge in [0.2, 0.25) is 5.91 Å². The lowest BCUT2D eigenvalue weighted by atomic mass is 10.2. The van der Waals surface area contributed by atoms with Crippen molar-refractivity contribution < 1.29 is 9.90 Å². The second kappa shape index (κ2) is 5.64. The molecule has 2 unspecified atom stereocenters. The summed E-state index contributed by atoms with van der Waals surface area (Å²) in [5.41, 5.74) is 0. The van der Waals surface area contributed by atoms with Gasteiger partial charge in [0.1, 0.15) is 0 Å². The molecule has 0 bridgehead atoms. The lowest BCUT2D eigenvalue weighted by molar-refractivity contribution is -0.130. The second-order valence-corrected chi connectivity index (χ2v) is 4.90. The van der Waals surface area contributed by atoms with Crippen LogP contribution in [0.25, 0.3) is 0 Å². The van der Waals surface area contributed by atoms with Crippen LogP contribution in [0, 0.1) is 0 Å². The molecule has 1 aliphatic carbocycles. The third-order valence-electron chi connectivity index (χ3n) is 3.68. The Bertz CT molecular complexity index is 239. The van der Waals surface area contributed by atoms with Gasteiger partial charge >= 0.3 is 0 Å². The van der Waals surface area contributed by atoms with E-state index >= 15 is 0 Å². The van der Waals surface area contributed by atoms with Gasteiger partial charge in [0.25, 0.3) is 0 Å². The highest BCUT2D eigenvalue weighted by Gasteiger charge is 2.25. The zero-order valence-electron chi connectivity index (χ0n) is 9.82. The van der Waals surface area contributed by atoms with Crippen LogP contribution < -0.4 is 5.32 Å². The molecule has 4 nitrogen and oxygen atoms in total. The van der Waals surface area contributed by atoms with Crippen molar-refractivity contribution in [3.05, 3.63) is 0 Å². The van der Waals surface area contributed by atoms with Crippen LogP contribution in [0.15, 0.2) is 0 Å². The molecule has 92 valence electrons. The summed E-state index contributed by atoms with van der Waals surface area (Å²) in [4.78, 5) is 13.7. The molecule has 0 aromatic rings. The number of nitrogens with zero attached hydrogens (tertiary/aromatic N) is 1.